The van der Waals surface area contributed by atoms with Crippen LogP contribution in [0.2, 0.25) is 0 Å². The van der Waals surface area contributed by atoms with Gasteiger partial charge in [0.15, 0.2) is 6.61 Å². The van der Waals surface area contributed by atoms with Gasteiger partial charge in [-0.1, -0.05) is 54.6 Å². The van der Waals surface area contributed by atoms with Crippen molar-refractivity contribution in [3.05, 3.63) is 107 Å². The summed E-state index contributed by atoms with van der Waals surface area (Å²) in [5, 5.41) is 4.60. The van der Waals surface area contributed by atoms with Crippen molar-refractivity contribution >= 4 is 45.8 Å². The molecule has 1 aliphatic heterocycles. The van der Waals surface area contributed by atoms with Gasteiger partial charge in [0.2, 0.25) is 0 Å². The summed E-state index contributed by atoms with van der Waals surface area (Å²) in [7, 11) is 0. The molecule has 0 unspecified atom stereocenters. The van der Waals surface area contributed by atoms with Crippen LogP contribution in [0.25, 0.3) is 10.8 Å². The number of nitrogens with zero attached hydrogens (tertiary/aromatic N) is 1. The molecule has 0 radical (unpaired) electrons. The highest BCUT2D eigenvalue weighted by molar-refractivity contribution is 6.35. The molecule has 172 valence electrons. The number of amides is 3. The third-order valence-electron chi connectivity index (χ3n) is 5.88. The third kappa shape index (κ3) is 4.04. The van der Waals surface area contributed by atoms with E-state index in [4.69, 9.17) is 4.74 Å². The molecule has 35 heavy (non-hydrogen) atoms. The average Bonchev–Trinajstić information content (AvgIpc) is 3.12. The highest BCUT2D eigenvalue weighted by atomic mass is 16.5. The Hall–Kier alpha value is -4.78. The zero-order valence-corrected chi connectivity index (χ0v) is 18.8. The number of fused-ring (bicyclic) bond motifs is 2. The van der Waals surface area contributed by atoms with Crippen molar-refractivity contribution in [3.63, 3.8) is 0 Å². The van der Waals surface area contributed by atoms with Crippen LogP contribution in [0.4, 0.5) is 11.4 Å². The molecular formula is C28H20N2O5. The molecule has 1 heterocycles. The van der Waals surface area contributed by atoms with Gasteiger partial charge in [0.05, 0.1) is 22.4 Å². The molecule has 4 aromatic carbocycles. The monoisotopic (exact) mass is 464 g/mol. The van der Waals surface area contributed by atoms with Crippen LogP contribution in [0.3, 0.4) is 0 Å². The van der Waals surface area contributed by atoms with Gasteiger partial charge < -0.3 is 10.1 Å². The molecule has 4 aromatic rings. The number of carbonyl (C=O) groups excluding carboxylic acids is 4. The lowest BCUT2D eigenvalue weighted by Crippen LogP contribution is -2.29. The van der Waals surface area contributed by atoms with Crippen molar-refractivity contribution in [1.82, 2.24) is 0 Å². The molecule has 0 spiro atoms. The predicted molar refractivity (Wildman–Crippen MR) is 132 cm³/mol. The topological polar surface area (TPSA) is 92.8 Å². The number of rotatable bonds is 5. The summed E-state index contributed by atoms with van der Waals surface area (Å²) in [6.07, 6.45) is 0. The van der Waals surface area contributed by atoms with Crippen molar-refractivity contribution in [3.8, 4) is 0 Å². The van der Waals surface area contributed by atoms with Crippen LogP contribution in [-0.4, -0.2) is 30.3 Å². The van der Waals surface area contributed by atoms with E-state index >= 15 is 0 Å². The number of carbonyl (C=O) groups is 4. The number of esters is 1. The first-order valence-corrected chi connectivity index (χ1v) is 11.0. The van der Waals surface area contributed by atoms with Gasteiger partial charge in [0, 0.05) is 11.1 Å². The van der Waals surface area contributed by atoms with Crippen molar-refractivity contribution in [1.29, 1.82) is 0 Å². The Bertz CT molecular complexity index is 1520. The number of aryl methyl sites for hydroxylation is 1. The van der Waals surface area contributed by atoms with Gasteiger partial charge in [0.1, 0.15) is 0 Å². The summed E-state index contributed by atoms with van der Waals surface area (Å²) in [6.45, 7) is 1.31. The Morgan fingerprint density at radius 3 is 2.37 bits per heavy atom. The first-order chi connectivity index (χ1) is 16.9. The minimum Gasteiger partial charge on any atom is -0.452 e. The van der Waals surface area contributed by atoms with E-state index in [1.807, 2.05) is 55.5 Å². The van der Waals surface area contributed by atoms with E-state index in [1.165, 1.54) is 18.2 Å². The van der Waals surface area contributed by atoms with Crippen LogP contribution in [-0.2, 0) is 9.53 Å². The number of hydrogen-bond donors (Lipinski definition) is 1. The normalized spacial score (nSPS) is 12.5. The van der Waals surface area contributed by atoms with Crippen LogP contribution >= 0.6 is 0 Å². The summed E-state index contributed by atoms with van der Waals surface area (Å²) in [5.41, 5.74) is 2.29. The van der Waals surface area contributed by atoms with Crippen molar-refractivity contribution < 1.29 is 23.9 Å². The lowest BCUT2D eigenvalue weighted by Gasteiger charge is -2.16. The summed E-state index contributed by atoms with van der Waals surface area (Å²) < 4.78 is 5.17. The largest absolute Gasteiger partial charge is 0.452 e. The van der Waals surface area contributed by atoms with Gasteiger partial charge in [0.25, 0.3) is 17.7 Å². The van der Waals surface area contributed by atoms with E-state index in [9.17, 15) is 19.2 Å². The van der Waals surface area contributed by atoms with Crippen molar-refractivity contribution in [2.45, 2.75) is 6.92 Å². The van der Waals surface area contributed by atoms with E-state index < -0.39 is 30.3 Å². The molecule has 0 saturated carbocycles. The van der Waals surface area contributed by atoms with E-state index in [-0.39, 0.29) is 16.7 Å². The molecule has 0 aromatic heterocycles. The van der Waals surface area contributed by atoms with Gasteiger partial charge >= 0.3 is 5.97 Å². The van der Waals surface area contributed by atoms with Crippen LogP contribution in [0.5, 0.6) is 0 Å². The Kier molecular flexibility index (Phi) is 5.58. The van der Waals surface area contributed by atoms with Crippen molar-refractivity contribution in [2.75, 3.05) is 16.8 Å². The second-order valence-electron chi connectivity index (χ2n) is 8.14. The Morgan fingerprint density at radius 1 is 0.829 bits per heavy atom. The minimum absolute atomic E-state index is 0.0782. The zero-order chi connectivity index (χ0) is 24.5. The maximum absolute atomic E-state index is 13.0. The second-order valence-corrected chi connectivity index (χ2v) is 8.14. The molecule has 0 aliphatic carbocycles. The number of hydrogen-bond acceptors (Lipinski definition) is 5. The maximum atomic E-state index is 13.0. The SMILES string of the molecule is Cc1ccccc1N1C(=O)c2ccc(C(=O)OCC(=O)Nc3cccc4ccccc34)cc2C1=O. The number of ether oxygens (including phenoxy) is 1. The molecular weight excluding hydrogens is 444 g/mol. The van der Waals surface area contributed by atoms with Crippen LogP contribution in [0, 0.1) is 6.92 Å². The standard InChI is InChI=1S/C28H20N2O5/c1-17-7-2-5-12-24(17)30-26(32)21-14-13-19(15-22(21)27(30)33)28(34)35-16-25(31)29-23-11-6-9-18-8-3-4-10-20(18)23/h2-15H,16H2,1H3,(H,29,31). The fraction of sp³-hybridized carbons (Fsp3) is 0.0714. The van der Waals surface area contributed by atoms with Crippen LogP contribution in [0.15, 0.2) is 84.9 Å². The first kappa shape index (κ1) is 22.0. The van der Waals surface area contributed by atoms with Gasteiger partial charge in [-0.05, 0) is 48.2 Å². The third-order valence-corrected chi connectivity index (χ3v) is 5.88. The summed E-state index contributed by atoms with van der Waals surface area (Å²) in [4.78, 5) is 52.0. The quantitative estimate of drug-likeness (QED) is 0.340. The number of para-hydroxylation sites is 1. The molecule has 0 atom stereocenters. The molecule has 7 heteroatoms. The number of anilines is 2. The number of imide groups is 1. The summed E-state index contributed by atoms with van der Waals surface area (Å²) in [5.74, 6) is -2.22. The highest BCUT2D eigenvalue weighted by Gasteiger charge is 2.37. The molecule has 0 saturated heterocycles. The van der Waals surface area contributed by atoms with E-state index in [2.05, 4.69) is 5.32 Å². The van der Waals surface area contributed by atoms with Gasteiger partial charge in [-0.25, -0.2) is 9.69 Å². The molecule has 7 nitrogen and oxygen atoms in total. The predicted octanol–water partition coefficient (Wildman–Crippen LogP) is 4.74. The van der Waals surface area contributed by atoms with Gasteiger partial charge in [-0.2, -0.15) is 0 Å². The maximum Gasteiger partial charge on any atom is 0.338 e. The number of benzene rings is 4. The summed E-state index contributed by atoms with van der Waals surface area (Å²) >= 11 is 0. The van der Waals surface area contributed by atoms with E-state index in [1.54, 1.807) is 18.2 Å². The average molecular weight is 464 g/mol. The Balaban J connectivity index is 1.29. The fourth-order valence-corrected chi connectivity index (χ4v) is 4.14. The Labute approximate surface area is 200 Å². The van der Waals surface area contributed by atoms with E-state index in [0.29, 0.717) is 11.4 Å². The second kappa shape index (κ2) is 8.87. The van der Waals surface area contributed by atoms with Crippen molar-refractivity contribution in [2.24, 2.45) is 0 Å². The van der Waals surface area contributed by atoms with Crippen LogP contribution < -0.4 is 10.2 Å². The van der Waals surface area contributed by atoms with Gasteiger partial charge in [-0.15, -0.1) is 0 Å². The van der Waals surface area contributed by atoms with Gasteiger partial charge in [-0.3, -0.25) is 14.4 Å². The molecule has 3 amide bonds. The molecule has 1 aliphatic rings. The molecule has 5 rings (SSSR count). The first-order valence-electron chi connectivity index (χ1n) is 11.0. The molecule has 0 bridgehead atoms. The fourth-order valence-electron chi connectivity index (χ4n) is 4.14. The number of nitrogens with one attached hydrogen (secondary N) is 1. The zero-order valence-electron chi connectivity index (χ0n) is 18.8. The summed E-state index contributed by atoms with van der Waals surface area (Å²) in [6, 6.07) is 24.4. The lowest BCUT2D eigenvalue weighted by atomic mass is 10.1. The highest BCUT2D eigenvalue weighted by Crippen LogP contribution is 2.31. The minimum atomic E-state index is -0.768. The Morgan fingerprint density at radius 2 is 1.54 bits per heavy atom. The molecule has 0 fully saturated rings. The van der Waals surface area contributed by atoms with E-state index in [0.717, 1.165) is 21.2 Å². The lowest BCUT2D eigenvalue weighted by molar-refractivity contribution is -0.119. The van der Waals surface area contributed by atoms with Crippen LogP contribution in [0.1, 0.15) is 36.6 Å². The smallest absolute Gasteiger partial charge is 0.338 e. The molecule has 1 N–H and O–H groups in total.